The van der Waals surface area contributed by atoms with Crippen LogP contribution in [-0.4, -0.2) is 110 Å². The van der Waals surface area contributed by atoms with Crippen LogP contribution in [0.4, 0.5) is 0 Å². The molecule has 11 heteroatoms. The third kappa shape index (κ3) is 4.00. The number of fused-ring (bicyclic) bond motifs is 5. The molecule has 6 aliphatic rings. The molecule has 0 spiro atoms. The monoisotopic (exact) mass is 568 g/mol. The van der Waals surface area contributed by atoms with Gasteiger partial charge in [-0.3, -0.25) is 0 Å². The molecule has 4 aliphatic carbocycles. The van der Waals surface area contributed by atoms with Crippen molar-refractivity contribution in [3.8, 4) is 0 Å². The number of carbonyl (C=O) groups excluding carboxylic acids is 1. The molecule has 1 saturated heterocycles. The summed E-state index contributed by atoms with van der Waals surface area (Å²) in [5.74, 6) is -0.601. The van der Waals surface area contributed by atoms with Gasteiger partial charge in [0.2, 0.25) is 0 Å². The molecule has 7 N–H and O–H groups in total. The highest BCUT2D eigenvalue weighted by molar-refractivity contribution is 5.85. The van der Waals surface area contributed by atoms with Gasteiger partial charge in [-0.05, 0) is 74.7 Å². The smallest absolute Gasteiger partial charge is 0.331 e. The van der Waals surface area contributed by atoms with Crippen molar-refractivity contribution in [1.29, 1.82) is 0 Å². The number of rotatable bonds is 5. The summed E-state index contributed by atoms with van der Waals surface area (Å²) in [6.07, 6.45) is -1.42. The minimum atomic E-state index is -1.58. The van der Waals surface area contributed by atoms with Crippen molar-refractivity contribution in [2.45, 2.75) is 113 Å². The zero-order valence-corrected chi connectivity index (χ0v) is 23.0. The highest BCUT2D eigenvalue weighted by Gasteiger charge is 2.71. The first-order valence-electron chi connectivity index (χ1n) is 14.8. The molecule has 0 unspecified atom stereocenters. The van der Waals surface area contributed by atoms with Gasteiger partial charge >= 0.3 is 5.97 Å². The van der Waals surface area contributed by atoms with Crippen molar-refractivity contribution in [2.24, 2.45) is 28.6 Å². The quantitative estimate of drug-likeness (QED) is 0.212. The second-order valence-corrected chi connectivity index (χ2v) is 13.6. The average Bonchev–Trinajstić information content (AvgIpc) is 3.46. The van der Waals surface area contributed by atoms with E-state index in [1.165, 1.54) is 0 Å². The van der Waals surface area contributed by atoms with Gasteiger partial charge in [0.05, 0.1) is 30.5 Å². The van der Waals surface area contributed by atoms with Crippen molar-refractivity contribution in [3.05, 3.63) is 11.6 Å². The molecule has 0 aromatic heterocycles. The normalized spacial score (nSPS) is 54.2. The van der Waals surface area contributed by atoms with E-state index in [1.807, 2.05) is 0 Å². The number of carbonyl (C=O) groups is 1. The van der Waals surface area contributed by atoms with E-state index in [-0.39, 0.29) is 43.4 Å². The molecule has 0 amide bonds. The van der Waals surface area contributed by atoms with Crippen LogP contribution in [-0.2, 0) is 19.0 Å². The maximum Gasteiger partial charge on any atom is 0.331 e. The van der Waals surface area contributed by atoms with E-state index in [0.717, 1.165) is 12.0 Å². The fraction of sp³-hybridized carbons (Fsp3) is 0.897. The van der Waals surface area contributed by atoms with E-state index in [4.69, 9.17) is 14.2 Å². The molecule has 0 aromatic rings. The van der Waals surface area contributed by atoms with E-state index in [2.05, 4.69) is 6.92 Å². The summed E-state index contributed by atoms with van der Waals surface area (Å²) in [5, 5.41) is 75.9. The average molecular weight is 569 g/mol. The lowest BCUT2D eigenvalue weighted by Gasteiger charge is -2.66. The Morgan fingerprint density at radius 2 is 1.70 bits per heavy atom. The number of aliphatic hydroxyl groups is 7. The van der Waals surface area contributed by atoms with Crippen LogP contribution in [0, 0.1) is 28.6 Å². The van der Waals surface area contributed by atoms with E-state index in [9.17, 15) is 40.5 Å². The predicted octanol–water partition coefficient (Wildman–Crippen LogP) is -0.484. The zero-order chi connectivity index (χ0) is 28.7. The maximum atomic E-state index is 12.5. The Labute approximate surface area is 233 Å². The Morgan fingerprint density at radius 3 is 2.40 bits per heavy atom. The predicted molar refractivity (Wildman–Crippen MR) is 137 cm³/mol. The van der Waals surface area contributed by atoms with Gasteiger partial charge in [0.25, 0.3) is 0 Å². The summed E-state index contributed by atoms with van der Waals surface area (Å²) in [6, 6.07) is 0. The van der Waals surface area contributed by atoms with Crippen molar-refractivity contribution in [3.63, 3.8) is 0 Å². The molecule has 5 fully saturated rings. The van der Waals surface area contributed by atoms with Gasteiger partial charge in [0.1, 0.15) is 31.0 Å². The molecule has 40 heavy (non-hydrogen) atoms. The van der Waals surface area contributed by atoms with Crippen LogP contribution in [0.5, 0.6) is 0 Å². The van der Waals surface area contributed by atoms with Gasteiger partial charge in [-0.2, -0.15) is 0 Å². The van der Waals surface area contributed by atoms with Crippen LogP contribution in [0.1, 0.15) is 64.7 Å². The largest absolute Gasteiger partial charge is 0.458 e. The van der Waals surface area contributed by atoms with Gasteiger partial charge in [-0.1, -0.05) is 6.92 Å². The second-order valence-electron chi connectivity index (χ2n) is 13.6. The molecule has 0 aromatic carbocycles. The summed E-state index contributed by atoms with van der Waals surface area (Å²) in [7, 11) is 0. The fourth-order valence-corrected chi connectivity index (χ4v) is 9.92. The molecule has 0 radical (unpaired) electrons. The number of esters is 1. The molecular weight excluding hydrogens is 524 g/mol. The minimum absolute atomic E-state index is 0.0280. The Kier molecular flexibility index (Phi) is 7.20. The Bertz CT molecular complexity index is 1030. The van der Waals surface area contributed by atoms with Gasteiger partial charge < -0.3 is 50.0 Å². The van der Waals surface area contributed by atoms with Crippen LogP contribution in [0.2, 0.25) is 0 Å². The first-order chi connectivity index (χ1) is 18.9. The molecule has 0 bridgehead atoms. The highest BCUT2D eigenvalue weighted by Crippen LogP contribution is 2.70. The maximum absolute atomic E-state index is 12.5. The van der Waals surface area contributed by atoms with Crippen molar-refractivity contribution >= 4 is 5.97 Å². The molecular formula is C29H44O11. The number of ether oxygens (including phenoxy) is 3. The first-order valence-corrected chi connectivity index (χ1v) is 14.8. The lowest BCUT2D eigenvalue weighted by Crippen LogP contribution is -2.70. The summed E-state index contributed by atoms with van der Waals surface area (Å²) in [5.41, 5.74) is -2.67. The molecule has 13 atom stereocenters. The number of cyclic esters (lactones) is 1. The van der Waals surface area contributed by atoms with Crippen LogP contribution in [0.25, 0.3) is 0 Å². The molecule has 11 nitrogen and oxygen atoms in total. The molecule has 4 saturated carbocycles. The van der Waals surface area contributed by atoms with Gasteiger partial charge in [-0.15, -0.1) is 0 Å². The lowest BCUT2D eigenvalue weighted by atomic mass is 9.41. The first kappa shape index (κ1) is 28.9. The van der Waals surface area contributed by atoms with Gasteiger partial charge in [0.15, 0.2) is 6.29 Å². The highest BCUT2D eigenvalue weighted by atomic mass is 16.7. The van der Waals surface area contributed by atoms with Crippen LogP contribution in [0.3, 0.4) is 0 Å². The van der Waals surface area contributed by atoms with E-state index in [1.54, 1.807) is 6.08 Å². The Morgan fingerprint density at radius 1 is 0.950 bits per heavy atom. The second kappa shape index (κ2) is 9.96. The summed E-state index contributed by atoms with van der Waals surface area (Å²) < 4.78 is 17.0. The van der Waals surface area contributed by atoms with E-state index >= 15 is 0 Å². The molecule has 6 rings (SSSR count). The number of hydrogen-bond acceptors (Lipinski definition) is 11. The zero-order valence-electron chi connectivity index (χ0n) is 23.0. The third-order valence-electron chi connectivity index (χ3n) is 12.1. The van der Waals surface area contributed by atoms with Crippen molar-refractivity contribution in [2.75, 3.05) is 19.8 Å². The standard InChI is InChI=1S/C29H44O11/c1-26-6-3-18-19(29(26,37)9-5-17(26)15-10-21(32)38-13-15)4-8-28(36)11-16(31)2-7-27(18,28)14-39-25-24(35)23(34)22(33)20(12-30)40-25/h10,16-20,22-25,30-31,33-37H,2-9,11-14H2,1H3/t16-,17+,18-,19+,20+,22+,23-,24+,25+,26+,27-,28-,29-/m0/s1. The molecule has 2 heterocycles. The Hall–Kier alpha value is -1.15. The summed E-state index contributed by atoms with van der Waals surface area (Å²) >= 11 is 0. The fourth-order valence-electron chi connectivity index (χ4n) is 9.92. The number of hydrogen-bond donors (Lipinski definition) is 7. The van der Waals surface area contributed by atoms with Crippen LogP contribution >= 0.6 is 0 Å². The van der Waals surface area contributed by atoms with Crippen molar-refractivity contribution in [1.82, 2.24) is 0 Å². The molecule has 2 aliphatic heterocycles. The molecule has 226 valence electrons. The lowest BCUT2D eigenvalue weighted by molar-refractivity contribution is -0.328. The summed E-state index contributed by atoms with van der Waals surface area (Å²) in [4.78, 5) is 11.9. The minimum Gasteiger partial charge on any atom is -0.458 e. The SMILES string of the molecule is C[C@]12CC[C@H]3[C@@H](CC[C@]4(O)C[C@@H](O)CC[C@]34CO[C@@H]3O[C@H](CO)[C@@H](O)[C@H](O)[C@H]3O)[C@@]1(O)CC[C@@H]2C1=CC(=O)OC1. The van der Waals surface area contributed by atoms with Gasteiger partial charge in [0, 0.05) is 23.3 Å². The van der Waals surface area contributed by atoms with E-state index in [0.29, 0.717) is 44.9 Å². The third-order valence-corrected chi connectivity index (χ3v) is 12.1. The van der Waals surface area contributed by atoms with Crippen LogP contribution < -0.4 is 0 Å². The van der Waals surface area contributed by atoms with Crippen LogP contribution in [0.15, 0.2) is 11.6 Å². The summed E-state index contributed by atoms with van der Waals surface area (Å²) in [6.45, 7) is 1.77. The van der Waals surface area contributed by atoms with Crippen molar-refractivity contribution < 1.29 is 54.8 Å². The Balaban J connectivity index is 1.30. The number of aliphatic hydroxyl groups excluding tert-OH is 5. The van der Waals surface area contributed by atoms with Gasteiger partial charge in [-0.25, -0.2) is 4.79 Å². The van der Waals surface area contributed by atoms with E-state index < -0.39 is 65.4 Å². The topological polar surface area (TPSA) is 186 Å².